The molecule has 0 aliphatic heterocycles. The molecule has 1 heterocycles. The van der Waals surface area contributed by atoms with E-state index in [1.54, 1.807) is 11.8 Å². The third-order valence-corrected chi connectivity index (χ3v) is 5.34. The summed E-state index contributed by atoms with van der Waals surface area (Å²) < 4.78 is 2.17. The fraction of sp³-hybridized carbons (Fsp3) is 0.0952. The van der Waals surface area contributed by atoms with Crippen LogP contribution in [0.25, 0.3) is 22.0 Å². The van der Waals surface area contributed by atoms with Gasteiger partial charge in [0.15, 0.2) is 5.16 Å². The van der Waals surface area contributed by atoms with E-state index >= 15 is 0 Å². The lowest BCUT2D eigenvalue weighted by molar-refractivity contribution is 0.796. The van der Waals surface area contributed by atoms with Gasteiger partial charge in [-0.2, -0.15) is 0 Å². The number of aromatic nitrogens is 2. The normalized spacial score (nSPS) is 11.0. The zero-order valence-corrected chi connectivity index (χ0v) is 14.3. The van der Waals surface area contributed by atoms with Crippen LogP contribution in [-0.4, -0.2) is 9.55 Å². The van der Waals surface area contributed by atoms with Crippen molar-refractivity contribution >= 4 is 22.5 Å². The van der Waals surface area contributed by atoms with Crippen molar-refractivity contribution < 1.29 is 0 Å². The van der Waals surface area contributed by atoms with Crippen molar-refractivity contribution in [1.29, 1.82) is 0 Å². The number of nitrogens with zero attached hydrogens (tertiary/aromatic N) is 2. The molecule has 0 radical (unpaired) electrons. The first-order valence-electron chi connectivity index (χ1n) is 7.99. The summed E-state index contributed by atoms with van der Waals surface area (Å²) in [5.74, 6) is 0.917. The lowest BCUT2D eigenvalue weighted by Gasteiger charge is -2.08. The smallest absolute Gasteiger partial charge is 0.168 e. The third kappa shape index (κ3) is 2.83. The zero-order chi connectivity index (χ0) is 16.4. The van der Waals surface area contributed by atoms with Gasteiger partial charge in [-0.15, -0.1) is 0 Å². The summed E-state index contributed by atoms with van der Waals surface area (Å²) in [7, 11) is 2.08. The molecule has 0 saturated carbocycles. The van der Waals surface area contributed by atoms with Crippen LogP contribution in [0.15, 0.2) is 84.1 Å². The van der Waals surface area contributed by atoms with E-state index in [1.807, 2.05) is 12.3 Å². The van der Waals surface area contributed by atoms with Gasteiger partial charge in [-0.05, 0) is 21.9 Å². The van der Waals surface area contributed by atoms with Gasteiger partial charge in [0.1, 0.15) is 0 Å². The molecule has 0 aliphatic carbocycles. The molecule has 0 atom stereocenters. The van der Waals surface area contributed by atoms with Crippen molar-refractivity contribution in [1.82, 2.24) is 9.55 Å². The molecule has 4 aromatic rings. The molecular formula is C21H18N2S. The molecule has 0 N–H and O–H groups in total. The van der Waals surface area contributed by atoms with Crippen LogP contribution in [0.4, 0.5) is 0 Å². The Bertz CT molecular complexity index is 968. The van der Waals surface area contributed by atoms with Crippen molar-refractivity contribution in [3.63, 3.8) is 0 Å². The minimum atomic E-state index is 0.917. The minimum Gasteiger partial charge on any atom is -0.322 e. The molecule has 24 heavy (non-hydrogen) atoms. The topological polar surface area (TPSA) is 17.8 Å². The highest BCUT2D eigenvalue weighted by molar-refractivity contribution is 7.98. The minimum absolute atomic E-state index is 0.917. The molecule has 0 aliphatic rings. The Kier molecular flexibility index (Phi) is 4.09. The van der Waals surface area contributed by atoms with Crippen LogP contribution < -0.4 is 0 Å². The van der Waals surface area contributed by atoms with Crippen LogP contribution >= 0.6 is 11.8 Å². The van der Waals surface area contributed by atoms with Gasteiger partial charge in [-0.3, -0.25) is 0 Å². The van der Waals surface area contributed by atoms with Gasteiger partial charge in [0.25, 0.3) is 0 Å². The molecule has 2 nitrogen and oxygen atoms in total. The number of rotatable bonds is 4. The summed E-state index contributed by atoms with van der Waals surface area (Å²) in [5, 5.41) is 3.66. The summed E-state index contributed by atoms with van der Waals surface area (Å²) in [5.41, 5.74) is 3.70. The second-order valence-electron chi connectivity index (χ2n) is 5.78. The van der Waals surface area contributed by atoms with Crippen molar-refractivity contribution in [2.24, 2.45) is 7.05 Å². The van der Waals surface area contributed by atoms with Crippen LogP contribution in [-0.2, 0) is 12.8 Å². The van der Waals surface area contributed by atoms with Crippen LogP contribution in [0.1, 0.15) is 5.56 Å². The first-order chi connectivity index (χ1) is 11.8. The van der Waals surface area contributed by atoms with E-state index in [4.69, 9.17) is 0 Å². The zero-order valence-electron chi connectivity index (χ0n) is 13.5. The quantitative estimate of drug-likeness (QED) is 0.458. The fourth-order valence-corrected chi connectivity index (χ4v) is 3.92. The van der Waals surface area contributed by atoms with Gasteiger partial charge >= 0.3 is 0 Å². The standard InChI is InChI=1S/C21H18N2S/c1-23-20(17-9-3-2-4-10-17)14-22-21(23)24-15-18-12-7-11-16-8-5-6-13-19(16)18/h2-14H,15H2,1H3. The maximum absolute atomic E-state index is 4.61. The Morgan fingerprint density at radius 1 is 0.875 bits per heavy atom. The average molecular weight is 330 g/mol. The maximum Gasteiger partial charge on any atom is 0.168 e. The summed E-state index contributed by atoms with van der Waals surface area (Å²) in [6, 6.07) is 25.4. The van der Waals surface area contributed by atoms with E-state index in [1.165, 1.54) is 21.9 Å². The van der Waals surface area contributed by atoms with E-state index in [2.05, 4.69) is 83.3 Å². The summed E-state index contributed by atoms with van der Waals surface area (Å²) in [4.78, 5) is 4.61. The van der Waals surface area contributed by atoms with Gasteiger partial charge in [-0.25, -0.2) is 4.98 Å². The van der Waals surface area contributed by atoms with Crippen molar-refractivity contribution in [3.8, 4) is 11.3 Å². The van der Waals surface area contributed by atoms with Gasteiger partial charge in [0, 0.05) is 12.8 Å². The molecule has 4 rings (SSSR count). The molecule has 0 saturated heterocycles. The molecule has 0 unspecified atom stereocenters. The van der Waals surface area contributed by atoms with E-state index in [0.717, 1.165) is 16.6 Å². The van der Waals surface area contributed by atoms with Gasteiger partial charge in [0.05, 0.1) is 11.9 Å². The van der Waals surface area contributed by atoms with Crippen LogP contribution in [0.2, 0.25) is 0 Å². The molecule has 118 valence electrons. The van der Waals surface area contributed by atoms with Crippen molar-refractivity contribution in [2.45, 2.75) is 10.9 Å². The molecule has 3 aromatic carbocycles. The number of thioether (sulfide) groups is 1. The first-order valence-corrected chi connectivity index (χ1v) is 8.98. The van der Waals surface area contributed by atoms with Crippen LogP contribution in [0, 0.1) is 0 Å². The molecule has 1 aromatic heterocycles. The van der Waals surface area contributed by atoms with E-state index in [-0.39, 0.29) is 0 Å². The number of fused-ring (bicyclic) bond motifs is 1. The molecule has 0 spiro atoms. The largest absolute Gasteiger partial charge is 0.322 e. The Morgan fingerprint density at radius 3 is 2.50 bits per heavy atom. The monoisotopic (exact) mass is 330 g/mol. The first kappa shape index (κ1) is 15.0. The molecule has 0 fully saturated rings. The van der Waals surface area contributed by atoms with E-state index < -0.39 is 0 Å². The summed E-state index contributed by atoms with van der Waals surface area (Å²) in [6.45, 7) is 0. The maximum atomic E-state index is 4.61. The highest BCUT2D eigenvalue weighted by atomic mass is 32.2. The van der Waals surface area contributed by atoms with E-state index in [9.17, 15) is 0 Å². The lowest BCUT2D eigenvalue weighted by atomic mass is 10.1. The number of imidazole rings is 1. The van der Waals surface area contributed by atoms with Crippen LogP contribution in [0.5, 0.6) is 0 Å². The number of benzene rings is 3. The lowest BCUT2D eigenvalue weighted by Crippen LogP contribution is -1.94. The molecule has 0 amide bonds. The highest BCUT2D eigenvalue weighted by Crippen LogP contribution is 2.29. The molecule has 3 heteroatoms. The van der Waals surface area contributed by atoms with Crippen LogP contribution in [0.3, 0.4) is 0 Å². The third-order valence-electron chi connectivity index (χ3n) is 4.25. The molecule has 0 bridgehead atoms. The van der Waals surface area contributed by atoms with Gasteiger partial charge < -0.3 is 4.57 Å². The summed E-state index contributed by atoms with van der Waals surface area (Å²) >= 11 is 1.78. The predicted molar refractivity (Wildman–Crippen MR) is 102 cm³/mol. The number of hydrogen-bond donors (Lipinski definition) is 0. The van der Waals surface area contributed by atoms with Gasteiger partial charge in [-0.1, -0.05) is 84.6 Å². The molecular weight excluding hydrogens is 312 g/mol. The Hall–Kier alpha value is -2.52. The Balaban J connectivity index is 1.59. The summed E-state index contributed by atoms with van der Waals surface area (Å²) in [6.07, 6.45) is 1.96. The van der Waals surface area contributed by atoms with E-state index in [0.29, 0.717) is 0 Å². The highest BCUT2D eigenvalue weighted by Gasteiger charge is 2.09. The second kappa shape index (κ2) is 6.54. The second-order valence-corrected chi connectivity index (χ2v) is 6.72. The average Bonchev–Trinajstić information content (AvgIpc) is 3.01. The van der Waals surface area contributed by atoms with Gasteiger partial charge in [0.2, 0.25) is 0 Å². The SMILES string of the molecule is Cn1c(-c2ccccc2)cnc1SCc1cccc2ccccc12. The Morgan fingerprint density at radius 2 is 1.62 bits per heavy atom. The van der Waals surface area contributed by atoms with Crippen molar-refractivity contribution in [2.75, 3.05) is 0 Å². The van der Waals surface area contributed by atoms with Crippen molar-refractivity contribution in [3.05, 3.63) is 84.6 Å². The predicted octanol–water partition coefficient (Wildman–Crippen LogP) is 5.53. The number of hydrogen-bond acceptors (Lipinski definition) is 2. The fourth-order valence-electron chi connectivity index (χ4n) is 2.96. The Labute approximate surface area is 146 Å².